The molecule has 1 aromatic heterocycles. The minimum atomic E-state index is -0.241. The fraction of sp³-hybridized carbons (Fsp3) is 0.373. The van der Waals surface area contributed by atoms with E-state index in [1.807, 2.05) is 0 Å². The van der Waals surface area contributed by atoms with Gasteiger partial charge in [-0.15, -0.1) is 0 Å². The van der Waals surface area contributed by atoms with Crippen LogP contribution in [0, 0.1) is 11.8 Å². The molecule has 5 heteroatoms. The molecule has 6 aliphatic carbocycles. The lowest BCUT2D eigenvalue weighted by atomic mass is 9.75. The molecule has 0 spiro atoms. The summed E-state index contributed by atoms with van der Waals surface area (Å²) in [7, 11) is 0. The Morgan fingerprint density at radius 2 is 1.59 bits per heavy atom. The Morgan fingerprint density at radius 3 is 2.43 bits per heavy atom. The number of amidine groups is 2. The van der Waals surface area contributed by atoms with Crippen LogP contribution in [0.5, 0.6) is 0 Å². The lowest BCUT2D eigenvalue weighted by Gasteiger charge is -2.32. The van der Waals surface area contributed by atoms with E-state index >= 15 is 0 Å². The van der Waals surface area contributed by atoms with Gasteiger partial charge in [0.2, 0.25) is 0 Å². The Labute approximate surface area is 331 Å². The molecule has 0 bridgehead atoms. The summed E-state index contributed by atoms with van der Waals surface area (Å²) in [5, 5.41) is 3.83. The second kappa shape index (κ2) is 14.4. The quantitative estimate of drug-likeness (QED) is 0.274. The zero-order valence-corrected chi connectivity index (χ0v) is 32.4. The van der Waals surface area contributed by atoms with Crippen LogP contribution in [0.1, 0.15) is 118 Å². The highest BCUT2D eigenvalue weighted by molar-refractivity contribution is 6.18. The van der Waals surface area contributed by atoms with E-state index in [9.17, 15) is 0 Å². The number of fused-ring (bicyclic) bond motifs is 7. The van der Waals surface area contributed by atoms with Crippen LogP contribution < -0.4 is 10.2 Å². The first-order valence-corrected chi connectivity index (χ1v) is 21.6. The third kappa shape index (κ3) is 5.88. The summed E-state index contributed by atoms with van der Waals surface area (Å²) in [6.07, 6.45) is 35.4. The van der Waals surface area contributed by atoms with Crippen LogP contribution in [0.2, 0.25) is 0 Å². The fourth-order valence-corrected chi connectivity index (χ4v) is 11.2. The number of nitrogens with zero attached hydrogens (tertiary/aromatic N) is 3. The maximum Gasteiger partial charge on any atom is 0.166 e. The summed E-state index contributed by atoms with van der Waals surface area (Å²) < 4.78 is 7.40. The van der Waals surface area contributed by atoms with Crippen LogP contribution in [0.4, 0.5) is 5.69 Å². The summed E-state index contributed by atoms with van der Waals surface area (Å²) in [5.74, 6) is 5.64. The third-order valence-electron chi connectivity index (χ3n) is 13.9. The first kappa shape index (κ1) is 34.1. The Hall–Kier alpha value is -5.16. The van der Waals surface area contributed by atoms with Gasteiger partial charge in [0.1, 0.15) is 23.2 Å². The zero-order valence-electron chi connectivity index (χ0n) is 32.4. The van der Waals surface area contributed by atoms with E-state index in [-0.39, 0.29) is 12.2 Å². The molecule has 1 N–H and O–H groups in total. The predicted octanol–water partition coefficient (Wildman–Crippen LogP) is 11.9. The summed E-state index contributed by atoms with van der Waals surface area (Å²) in [5.41, 5.74) is 13.5. The summed E-state index contributed by atoms with van der Waals surface area (Å²) in [6, 6.07) is 21.9. The van der Waals surface area contributed by atoms with E-state index in [1.165, 1.54) is 95.5 Å². The molecule has 282 valence electrons. The minimum absolute atomic E-state index is 0.241. The maximum atomic E-state index is 7.40. The van der Waals surface area contributed by atoms with Crippen molar-refractivity contribution in [2.24, 2.45) is 21.8 Å². The molecule has 5 nitrogen and oxygen atoms in total. The molecule has 11 rings (SSSR count). The van der Waals surface area contributed by atoms with Gasteiger partial charge in [0.25, 0.3) is 0 Å². The molecule has 56 heavy (non-hydrogen) atoms. The van der Waals surface area contributed by atoms with Gasteiger partial charge in [0.15, 0.2) is 6.17 Å². The van der Waals surface area contributed by atoms with Gasteiger partial charge in [-0.25, -0.2) is 9.98 Å². The third-order valence-corrected chi connectivity index (χ3v) is 13.9. The largest absolute Gasteiger partial charge is 0.460 e. The van der Waals surface area contributed by atoms with Gasteiger partial charge in [0, 0.05) is 45.1 Å². The molecule has 0 amide bonds. The predicted molar refractivity (Wildman–Crippen MR) is 230 cm³/mol. The van der Waals surface area contributed by atoms with E-state index in [0.717, 1.165) is 67.9 Å². The highest BCUT2D eigenvalue weighted by atomic mass is 16.3. The van der Waals surface area contributed by atoms with Gasteiger partial charge in [0.05, 0.1) is 12.0 Å². The molecule has 1 saturated carbocycles. The lowest BCUT2D eigenvalue weighted by Crippen LogP contribution is -2.39. The van der Waals surface area contributed by atoms with Crippen LogP contribution in [0.15, 0.2) is 146 Å². The monoisotopic (exact) mass is 736 g/mol. The number of benzene rings is 2. The molecule has 1 saturated heterocycles. The number of aliphatic imine (C=N–C) groups is 2. The second-order valence-electron chi connectivity index (χ2n) is 17.1. The SMILES string of the molecule is C1=CCCC(C2N=C(C3=C(C4=CCCc5c4oc4c5C=CC5C4C4CCCC=C4N5c4ccccc4)CCC(C4CCCCC4)=C3)NC(c3ccccc3)=N2)=C1. The highest BCUT2D eigenvalue weighted by Crippen LogP contribution is 2.56. The summed E-state index contributed by atoms with van der Waals surface area (Å²) in [6.45, 7) is 0. The molecular weight excluding hydrogens is 685 g/mol. The van der Waals surface area contributed by atoms with Crippen molar-refractivity contribution in [3.8, 4) is 0 Å². The van der Waals surface area contributed by atoms with Crippen LogP contribution in [0.25, 0.3) is 11.6 Å². The van der Waals surface area contributed by atoms with Crippen molar-refractivity contribution in [1.82, 2.24) is 5.32 Å². The van der Waals surface area contributed by atoms with E-state index < -0.39 is 0 Å². The number of furan rings is 1. The van der Waals surface area contributed by atoms with Gasteiger partial charge in [-0.1, -0.05) is 122 Å². The Morgan fingerprint density at radius 1 is 0.750 bits per heavy atom. The first-order valence-electron chi connectivity index (χ1n) is 21.6. The molecule has 3 heterocycles. The van der Waals surface area contributed by atoms with Crippen molar-refractivity contribution in [3.05, 3.63) is 159 Å². The Bertz CT molecular complexity index is 2320. The number of rotatable bonds is 6. The number of nitrogens with one attached hydrogen (secondary N) is 1. The number of hydrogen-bond acceptors (Lipinski definition) is 5. The van der Waals surface area contributed by atoms with Gasteiger partial charge in [-0.2, -0.15) is 0 Å². The minimum Gasteiger partial charge on any atom is -0.460 e. The van der Waals surface area contributed by atoms with Crippen molar-refractivity contribution in [3.63, 3.8) is 0 Å². The fourth-order valence-electron chi connectivity index (χ4n) is 11.2. The van der Waals surface area contributed by atoms with Crippen LogP contribution >= 0.6 is 0 Å². The van der Waals surface area contributed by atoms with E-state index in [2.05, 4.69) is 119 Å². The summed E-state index contributed by atoms with van der Waals surface area (Å²) >= 11 is 0. The van der Waals surface area contributed by atoms with Gasteiger partial charge in [-0.3, -0.25) is 0 Å². The number of para-hydroxylation sites is 1. The Kier molecular flexibility index (Phi) is 8.78. The van der Waals surface area contributed by atoms with Gasteiger partial charge < -0.3 is 14.6 Å². The van der Waals surface area contributed by atoms with Crippen LogP contribution in [-0.2, 0) is 6.42 Å². The number of allylic oxidation sites excluding steroid dienone is 9. The number of anilines is 1. The molecule has 2 aromatic carbocycles. The molecule has 2 aliphatic heterocycles. The van der Waals surface area contributed by atoms with Crippen molar-refractivity contribution < 1.29 is 4.42 Å². The molecule has 0 radical (unpaired) electrons. The van der Waals surface area contributed by atoms with Crippen LogP contribution in [0.3, 0.4) is 0 Å². The lowest BCUT2D eigenvalue weighted by molar-refractivity contribution is 0.378. The number of hydrogen-bond donors (Lipinski definition) is 1. The molecule has 3 aromatic rings. The Balaban J connectivity index is 1.03. The van der Waals surface area contributed by atoms with E-state index in [4.69, 9.17) is 14.4 Å². The zero-order chi connectivity index (χ0) is 37.0. The maximum absolute atomic E-state index is 7.40. The average molecular weight is 737 g/mol. The van der Waals surface area contributed by atoms with E-state index in [0.29, 0.717) is 17.8 Å². The van der Waals surface area contributed by atoms with Crippen molar-refractivity contribution in [1.29, 1.82) is 0 Å². The van der Waals surface area contributed by atoms with Gasteiger partial charge in [-0.05, 0) is 99.8 Å². The second-order valence-corrected chi connectivity index (χ2v) is 17.1. The molecular formula is C51H52N4O. The molecule has 8 aliphatic rings. The topological polar surface area (TPSA) is 53.1 Å². The molecule has 4 atom stereocenters. The molecule has 4 unspecified atom stereocenters. The normalized spacial score (nSPS) is 27.1. The average Bonchev–Trinajstić information content (AvgIpc) is 3.83. The first-order chi connectivity index (χ1) is 27.8. The smallest absolute Gasteiger partial charge is 0.166 e. The standard InChI is InChI=1S/C51H52N4O/c1-5-16-33(17-6-1)36-28-29-38(43(32-36)51-53-49(34-18-7-2-8-19-34)52-50(54-51)35-20-9-3-10-21-35)39-25-15-26-40-41-30-31-45-46(48(41)56-47(39)40)42-24-13-14-27-44(42)55(45)37-22-11-4-12-23-37/h2-4,7-9,11-12,18-20,22-23,25,27,30-33,42,45-46,50H,1,5-6,10,13-17,21,24,26,28-29H2,(H,52,53,54). The summed E-state index contributed by atoms with van der Waals surface area (Å²) in [4.78, 5) is 13.4. The molecule has 2 fully saturated rings. The van der Waals surface area contributed by atoms with E-state index in [1.54, 1.807) is 5.57 Å². The van der Waals surface area contributed by atoms with Gasteiger partial charge >= 0.3 is 0 Å². The van der Waals surface area contributed by atoms with Crippen molar-refractivity contribution in [2.45, 2.75) is 108 Å². The van der Waals surface area contributed by atoms with Crippen molar-refractivity contribution in [2.75, 3.05) is 4.90 Å². The highest BCUT2D eigenvalue weighted by Gasteiger charge is 2.50. The van der Waals surface area contributed by atoms with Crippen molar-refractivity contribution >= 4 is 29.0 Å². The van der Waals surface area contributed by atoms with Crippen LogP contribution in [-0.4, -0.2) is 23.9 Å².